The Bertz CT molecular complexity index is 149. The van der Waals surface area contributed by atoms with Gasteiger partial charge in [0.25, 0.3) is 0 Å². The Labute approximate surface area is 83.0 Å². The summed E-state index contributed by atoms with van der Waals surface area (Å²) in [6.07, 6.45) is 2.66. The molecule has 0 aliphatic carbocycles. The average molecular weight is 265 g/mol. The fraction of sp³-hybridized carbons (Fsp3) is 0.778. The molecule has 0 saturated carbocycles. The molecular weight excluding hydrogens is 249 g/mol. The molecule has 0 spiro atoms. The predicted octanol–water partition coefficient (Wildman–Crippen LogP) is 2.81. The standard InChI is InChI=1S/C9H16IN/c1-3-4-5-11-6-8(2)9(10)7-11/h3-7H2,1-2H3. The maximum absolute atomic E-state index is 2.53. The first-order valence-corrected chi connectivity index (χ1v) is 5.38. The van der Waals surface area contributed by atoms with E-state index in [1.807, 2.05) is 0 Å². The monoisotopic (exact) mass is 265 g/mol. The van der Waals surface area contributed by atoms with Crippen LogP contribution in [-0.2, 0) is 0 Å². The minimum absolute atomic E-state index is 1.20. The van der Waals surface area contributed by atoms with Crippen molar-refractivity contribution in [2.45, 2.75) is 26.7 Å². The third kappa shape index (κ3) is 2.75. The molecule has 0 fully saturated rings. The van der Waals surface area contributed by atoms with E-state index < -0.39 is 0 Å². The zero-order valence-corrected chi connectivity index (χ0v) is 9.52. The summed E-state index contributed by atoms with van der Waals surface area (Å²) in [4.78, 5) is 2.53. The highest BCUT2D eigenvalue weighted by Gasteiger charge is 2.15. The minimum Gasteiger partial charge on any atom is -0.295 e. The Balaban J connectivity index is 2.24. The molecule has 0 saturated heterocycles. The second-order valence-electron chi connectivity index (χ2n) is 3.25. The van der Waals surface area contributed by atoms with Gasteiger partial charge in [-0.15, -0.1) is 0 Å². The van der Waals surface area contributed by atoms with E-state index in [2.05, 4.69) is 41.3 Å². The van der Waals surface area contributed by atoms with E-state index in [1.54, 1.807) is 9.15 Å². The van der Waals surface area contributed by atoms with Crippen molar-refractivity contribution in [3.63, 3.8) is 0 Å². The topological polar surface area (TPSA) is 3.24 Å². The minimum atomic E-state index is 1.20. The van der Waals surface area contributed by atoms with Crippen molar-refractivity contribution in [1.29, 1.82) is 0 Å². The van der Waals surface area contributed by atoms with Crippen LogP contribution in [0.15, 0.2) is 9.15 Å². The Morgan fingerprint density at radius 3 is 2.64 bits per heavy atom. The average Bonchev–Trinajstić information content (AvgIpc) is 2.28. The number of hydrogen-bond acceptors (Lipinski definition) is 1. The second-order valence-corrected chi connectivity index (χ2v) is 4.55. The predicted molar refractivity (Wildman–Crippen MR) is 58.1 cm³/mol. The molecule has 64 valence electrons. The van der Waals surface area contributed by atoms with Crippen LogP contribution < -0.4 is 0 Å². The molecular formula is C9H16IN. The van der Waals surface area contributed by atoms with E-state index in [0.29, 0.717) is 0 Å². The highest BCUT2D eigenvalue weighted by atomic mass is 127. The van der Waals surface area contributed by atoms with Gasteiger partial charge in [0.15, 0.2) is 0 Å². The van der Waals surface area contributed by atoms with E-state index in [4.69, 9.17) is 0 Å². The van der Waals surface area contributed by atoms with E-state index in [9.17, 15) is 0 Å². The van der Waals surface area contributed by atoms with Gasteiger partial charge >= 0.3 is 0 Å². The van der Waals surface area contributed by atoms with Gasteiger partial charge in [0, 0.05) is 16.7 Å². The Morgan fingerprint density at radius 2 is 2.18 bits per heavy atom. The number of halogens is 1. The highest BCUT2D eigenvalue weighted by molar-refractivity contribution is 14.1. The largest absolute Gasteiger partial charge is 0.295 e. The van der Waals surface area contributed by atoms with Crippen molar-refractivity contribution < 1.29 is 0 Å². The summed E-state index contributed by atoms with van der Waals surface area (Å²) < 4.78 is 1.55. The number of rotatable bonds is 3. The van der Waals surface area contributed by atoms with Gasteiger partial charge in [-0.2, -0.15) is 0 Å². The maximum Gasteiger partial charge on any atom is 0.0295 e. The Hall–Kier alpha value is 0.430. The van der Waals surface area contributed by atoms with E-state index >= 15 is 0 Å². The Kier molecular flexibility index (Phi) is 3.85. The summed E-state index contributed by atoms with van der Waals surface area (Å²) in [5.41, 5.74) is 1.57. The molecule has 0 aromatic carbocycles. The first-order valence-electron chi connectivity index (χ1n) is 4.30. The van der Waals surface area contributed by atoms with E-state index in [0.717, 1.165) is 0 Å². The summed E-state index contributed by atoms with van der Waals surface area (Å²) in [6.45, 7) is 8.18. The molecule has 1 nitrogen and oxygen atoms in total. The van der Waals surface area contributed by atoms with Gasteiger partial charge in [0.2, 0.25) is 0 Å². The lowest BCUT2D eigenvalue weighted by Gasteiger charge is -2.13. The summed E-state index contributed by atoms with van der Waals surface area (Å²) >= 11 is 2.46. The van der Waals surface area contributed by atoms with Crippen LogP contribution in [0, 0.1) is 0 Å². The molecule has 0 aromatic rings. The summed E-state index contributed by atoms with van der Waals surface area (Å²) in [7, 11) is 0. The van der Waals surface area contributed by atoms with Crippen LogP contribution in [0.5, 0.6) is 0 Å². The number of nitrogens with zero attached hydrogens (tertiary/aromatic N) is 1. The third-order valence-electron chi connectivity index (χ3n) is 2.11. The van der Waals surface area contributed by atoms with Gasteiger partial charge in [-0.05, 0) is 48.1 Å². The molecule has 11 heavy (non-hydrogen) atoms. The Morgan fingerprint density at radius 1 is 1.45 bits per heavy atom. The first-order chi connectivity index (χ1) is 5.24. The normalized spacial score (nSPS) is 19.9. The molecule has 0 bridgehead atoms. The third-order valence-corrected chi connectivity index (χ3v) is 3.38. The fourth-order valence-corrected chi connectivity index (χ4v) is 2.00. The zero-order valence-electron chi connectivity index (χ0n) is 7.36. The van der Waals surface area contributed by atoms with Crippen molar-refractivity contribution >= 4 is 22.6 Å². The summed E-state index contributed by atoms with van der Waals surface area (Å²) in [5, 5.41) is 0. The van der Waals surface area contributed by atoms with Gasteiger partial charge in [0.1, 0.15) is 0 Å². The SMILES string of the molecule is CCCCN1CC(C)=C(I)C1. The molecule has 1 heterocycles. The van der Waals surface area contributed by atoms with Crippen LogP contribution in [0.3, 0.4) is 0 Å². The zero-order chi connectivity index (χ0) is 8.27. The van der Waals surface area contributed by atoms with Crippen LogP contribution >= 0.6 is 22.6 Å². The first kappa shape index (κ1) is 9.52. The van der Waals surface area contributed by atoms with Crippen molar-refractivity contribution in [2.75, 3.05) is 19.6 Å². The molecule has 1 rings (SSSR count). The molecule has 0 N–H and O–H groups in total. The van der Waals surface area contributed by atoms with Gasteiger partial charge in [0.05, 0.1) is 0 Å². The highest BCUT2D eigenvalue weighted by Crippen LogP contribution is 2.22. The molecule has 0 radical (unpaired) electrons. The molecule has 1 aliphatic heterocycles. The van der Waals surface area contributed by atoms with Crippen molar-refractivity contribution in [3.05, 3.63) is 9.15 Å². The van der Waals surface area contributed by atoms with Gasteiger partial charge in [-0.1, -0.05) is 13.3 Å². The van der Waals surface area contributed by atoms with E-state index in [-0.39, 0.29) is 0 Å². The second kappa shape index (κ2) is 4.45. The fourth-order valence-electron chi connectivity index (χ4n) is 1.35. The van der Waals surface area contributed by atoms with Crippen LogP contribution in [0.2, 0.25) is 0 Å². The smallest absolute Gasteiger partial charge is 0.0295 e. The molecule has 2 heteroatoms. The van der Waals surface area contributed by atoms with Crippen LogP contribution in [-0.4, -0.2) is 24.5 Å². The van der Waals surface area contributed by atoms with E-state index in [1.165, 1.54) is 32.5 Å². The molecule has 0 aromatic heterocycles. The summed E-state index contributed by atoms with van der Waals surface area (Å²) in [6, 6.07) is 0. The summed E-state index contributed by atoms with van der Waals surface area (Å²) in [5.74, 6) is 0. The van der Waals surface area contributed by atoms with Gasteiger partial charge in [-0.3, -0.25) is 4.90 Å². The van der Waals surface area contributed by atoms with Crippen molar-refractivity contribution in [1.82, 2.24) is 4.90 Å². The molecule has 0 atom stereocenters. The van der Waals surface area contributed by atoms with Crippen LogP contribution in [0.4, 0.5) is 0 Å². The molecule has 1 aliphatic rings. The van der Waals surface area contributed by atoms with Crippen LogP contribution in [0.25, 0.3) is 0 Å². The quantitative estimate of drug-likeness (QED) is 0.709. The molecule has 0 unspecified atom stereocenters. The lowest BCUT2D eigenvalue weighted by Crippen LogP contribution is -2.22. The van der Waals surface area contributed by atoms with Gasteiger partial charge < -0.3 is 0 Å². The maximum atomic E-state index is 2.53. The molecule has 0 amide bonds. The van der Waals surface area contributed by atoms with Crippen molar-refractivity contribution in [2.24, 2.45) is 0 Å². The lowest BCUT2D eigenvalue weighted by atomic mass is 10.3. The number of unbranched alkanes of at least 4 members (excludes halogenated alkanes) is 1. The van der Waals surface area contributed by atoms with Crippen molar-refractivity contribution in [3.8, 4) is 0 Å². The number of hydrogen-bond donors (Lipinski definition) is 0. The van der Waals surface area contributed by atoms with Gasteiger partial charge in [-0.25, -0.2) is 0 Å². The van der Waals surface area contributed by atoms with Crippen LogP contribution in [0.1, 0.15) is 26.7 Å². The lowest BCUT2D eigenvalue weighted by molar-refractivity contribution is 0.341.